The molecular formula is C27H28N2O3. The van der Waals surface area contributed by atoms with Crippen molar-refractivity contribution in [3.63, 3.8) is 0 Å². The van der Waals surface area contributed by atoms with Crippen LogP contribution < -0.4 is 15.0 Å². The van der Waals surface area contributed by atoms with Gasteiger partial charge in [-0.05, 0) is 35.7 Å². The van der Waals surface area contributed by atoms with Crippen LogP contribution in [0.25, 0.3) is 0 Å². The molecule has 32 heavy (non-hydrogen) atoms. The molecule has 0 saturated heterocycles. The van der Waals surface area contributed by atoms with Crippen LogP contribution in [0.15, 0.2) is 78.9 Å². The van der Waals surface area contributed by atoms with E-state index in [4.69, 9.17) is 4.74 Å². The SMILES string of the molecule is CCCCCN1C(=O)COc2ccc(NC(=O)C(c3ccccc3)c3ccccc3)cc21. The Kier molecular flexibility index (Phi) is 6.85. The van der Waals surface area contributed by atoms with Crippen LogP contribution in [0.4, 0.5) is 11.4 Å². The molecule has 0 fully saturated rings. The minimum Gasteiger partial charge on any atom is -0.482 e. The fourth-order valence-corrected chi connectivity index (χ4v) is 4.05. The van der Waals surface area contributed by atoms with Gasteiger partial charge in [0.1, 0.15) is 5.75 Å². The van der Waals surface area contributed by atoms with Crippen molar-refractivity contribution in [2.45, 2.75) is 32.1 Å². The van der Waals surface area contributed by atoms with Crippen molar-refractivity contribution in [3.8, 4) is 5.75 Å². The zero-order chi connectivity index (χ0) is 22.3. The van der Waals surface area contributed by atoms with E-state index in [9.17, 15) is 9.59 Å². The number of nitrogens with zero attached hydrogens (tertiary/aromatic N) is 1. The van der Waals surface area contributed by atoms with Gasteiger partial charge in [0.25, 0.3) is 5.91 Å². The Balaban J connectivity index is 1.60. The number of ether oxygens (including phenoxy) is 1. The van der Waals surface area contributed by atoms with Crippen molar-refractivity contribution in [1.29, 1.82) is 0 Å². The van der Waals surface area contributed by atoms with Crippen molar-refractivity contribution in [1.82, 2.24) is 0 Å². The van der Waals surface area contributed by atoms with Gasteiger partial charge in [-0.15, -0.1) is 0 Å². The number of rotatable bonds is 8. The fraction of sp³-hybridized carbons (Fsp3) is 0.259. The van der Waals surface area contributed by atoms with Gasteiger partial charge in [0.15, 0.2) is 6.61 Å². The third-order valence-electron chi connectivity index (χ3n) is 5.68. The number of anilines is 2. The van der Waals surface area contributed by atoms with Crippen molar-refractivity contribution in [2.24, 2.45) is 0 Å². The van der Waals surface area contributed by atoms with Crippen molar-refractivity contribution in [3.05, 3.63) is 90.0 Å². The van der Waals surface area contributed by atoms with Gasteiger partial charge in [0.2, 0.25) is 5.91 Å². The second kappa shape index (κ2) is 10.1. The predicted molar refractivity (Wildman–Crippen MR) is 127 cm³/mol. The minimum absolute atomic E-state index is 0.0505. The molecule has 0 aromatic heterocycles. The molecule has 0 radical (unpaired) electrons. The predicted octanol–water partition coefficient (Wildman–Crippen LogP) is 5.37. The summed E-state index contributed by atoms with van der Waals surface area (Å²) in [6, 6.07) is 25.0. The molecule has 0 aliphatic carbocycles. The maximum Gasteiger partial charge on any atom is 0.265 e. The number of carbonyl (C=O) groups excluding carboxylic acids is 2. The highest BCUT2D eigenvalue weighted by Crippen LogP contribution is 2.35. The number of carbonyl (C=O) groups is 2. The average molecular weight is 429 g/mol. The van der Waals surface area contributed by atoms with E-state index in [0.717, 1.165) is 30.4 Å². The van der Waals surface area contributed by atoms with Gasteiger partial charge in [-0.25, -0.2) is 0 Å². The summed E-state index contributed by atoms with van der Waals surface area (Å²) in [6.07, 6.45) is 3.08. The topological polar surface area (TPSA) is 58.6 Å². The van der Waals surface area contributed by atoms with E-state index >= 15 is 0 Å². The van der Waals surface area contributed by atoms with Crippen LogP contribution in [0, 0.1) is 0 Å². The summed E-state index contributed by atoms with van der Waals surface area (Å²) in [6.45, 7) is 2.84. The molecule has 1 aliphatic heterocycles. The first-order valence-corrected chi connectivity index (χ1v) is 11.2. The molecule has 1 heterocycles. The minimum atomic E-state index is -0.438. The van der Waals surface area contributed by atoms with E-state index in [1.807, 2.05) is 78.9 Å². The van der Waals surface area contributed by atoms with Crippen LogP contribution in [0.3, 0.4) is 0 Å². The van der Waals surface area contributed by atoms with E-state index in [0.29, 0.717) is 23.7 Å². The number of benzene rings is 3. The third-order valence-corrected chi connectivity index (χ3v) is 5.68. The van der Waals surface area contributed by atoms with Crippen molar-refractivity contribution >= 4 is 23.2 Å². The smallest absolute Gasteiger partial charge is 0.265 e. The molecule has 5 heteroatoms. The van der Waals surface area contributed by atoms with Crippen LogP contribution >= 0.6 is 0 Å². The lowest BCUT2D eigenvalue weighted by atomic mass is 9.90. The zero-order valence-corrected chi connectivity index (χ0v) is 18.3. The zero-order valence-electron chi connectivity index (χ0n) is 18.3. The number of hydrogen-bond acceptors (Lipinski definition) is 3. The summed E-state index contributed by atoms with van der Waals surface area (Å²) in [5, 5.41) is 3.06. The Morgan fingerprint density at radius 2 is 1.62 bits per heavy atom. The third kappa shape index (κ3) is 4.83. The highest BCUT2D eigenvalue weighted by Gasteiger charge is 2.27. The standard InChI is InChI=1S/C27H28N2O3/c1-2-3-10-17-29-23-18-22(15-16-24(23)32-19-25(29)30)28-27(31)26(20-11-6-4-7-12-20)21-13-8-5-9-14-21/h4-9,11-16,18,26H,2-3,10,17,19H2,1H3,(H,28,31). The fourth-order valence-electron chi connectivity index (χ4n) is 4.05. The number of amides is 2. The number of fused-ring (bicyclic) bond motifs is 1. The maximum atomic E-state index is 13.4. The van der Waals surface area contributed by atoms with Crippen molar-refractivity contribution in [2.75, 3.05) is 23.4 Å². The molecule has 0 unspecified atom stereocenters. The highest BCUT2D eigenvalue weighted by atomic mass is 16.5. The Bertz CT molecular complexity index is 1030. The largest absolute Gasteiger partial charge is 0.482 e. The van der Waals surface area contributed by atoms with Crippen molar-refractivity contribution < 1.29 is 14.3 Å². The summed E-state index contributed by atoms with van der Waals surface area (Å²) < 4.78 is 5.61. The average Bonchev–Trinajstić information content (AvgIpc) is 2.82. The Labute approximate surface area is 189 Å². The van der Waals surface area contributed by atoms with Gasteiger partial charge in [0, 0.05) is 12.2 Å². The van der Waals surface area contributed by atoms with Gasteiger partial charge in [-0.3, -0.25) is 9.59 Å². The molecule has 0 atom stereocenters. The van der Waals surface area contributed by atoms with E-state index in [-0.39, 0.29) is 18.4 Å². The first-order chi connectivity index (χ1) is 15.7. The van der Waals surface area contributed by atoms with Crippen LogP contribution in [-0.4, -0.2) is 25.0 Å². The molecule has 0 spiro atoms. The lowest BCUT2D eigenvalue weighted by molar-refractivity contribution is -0.121. The molecule has 2 amide bonds. The lowest BCUT2D eigenvalue weighted by Crippen LogP contribution is -2.39. The van der Waals surface area contributed by atoms with E-state index in [1.54, 1.807) is 4.90 Å². The number of unbranched alkanes of at least 4 members (excludes halogenated alkanes) is 2. The van der Waals surface area contributed by atoms with Crippen LogP contribution in [0.2, 0.25) is 0 Å². The quantitative estimate of drug-likeness (QED) is 0.491. The van der Waals surface area contributed by atoms with Gasteiger partial charge in [0.05, 0.1) is 11.6 Å². The second-order valence-corrected chi connectivity index (χ2v) is 7.97. The molecule has 4 rings (SSSR count). The molecule has 0 saturated carbocycles. The summed E-state index contributed by atoms with van der Waals surface area (Å²) >= 11 is 0. The van der Waals surface area contributed by atoms with E-state index in [2.05, 4.69) is 12.2 Å². The van der Waals surface area contributed by atoms with E-state index in [1.165, 1.54) is 0 Å². The molecule has 3 aromatic carbocycles. The molecule has 3 aromatic rings. The summed E-state index contributed by atoms with van der Waals surface area (Å²) in [5.41, 5.74) is 3.21. The summed E-state index contributed by atoms with van der Waals surface area (Å²) in [7, 11) is 0. The second-order valence-electron chi connectivity index (χ2n) is 7.97. The Hall–Kier alpha value is -3.60. The van der Waals surface area contributed by atoms with Gasteiger partial charge in [-0.2, -0.15) is 0 Å². The molecule has 164 valence electrons. The van der Waals surface area contributed by atoms with Gasteiger partial charge in [-0.1, -0.05) is 80.4 Å². The normalized spacial score (nSPS) is 12.9. The summed E-state index contributed by atoms with van der Waals surface area (Å²) in [5.74, 6) is 0.0557. The van der Waals surface area contributed by atoms with Crippen LogP contribution in [-0.2, 0) is 9.59 Å². The first-order valence-electron chi connectivity index (χ1n) is 11.2. The van der Waals surface area contributed by atoms with Gasteiger partial charge < -0.3 is 15.0 Å². The highest BCUT2D eigenvalue weighted by molar-refractivity contribution is 6.01. The molecular weight excluding hydrogens is 400 g/mol. The number of nitrogens with one attached hydrogen (secondary N) is 1. The Morgan fingerprint density at radius 1 is 0.969 bits per heavy atom. The van der Waals surface area contributed by atoms with Crippen LogP contribution in [0.1, 0.15) is 43.2 Å². The monoisotopic (exact) mass is 428 g/mol. The lowest BCUT2D eigenvalue weighted by Gasteiger charge is -2.30. The van der Waals surface area contributed by atoms with Crippen LogP contribution in [0.5, 0.6) is 5.75 Å². The van der Waals surface area contributed by atoms with E-state index < -0.39 is 5.92 Å². The first kappa shape index (κ1) is 21.6. The van der Waals surface area contributed by atoms with Gasteiger partial charge >= 0.3 is 0 Å². The molecule has 0 bridgehead atoms. The molecule has 1 N–H and O–H groups in total. The Morgan fingerprint density at radius 3 is 2.25 bits per heavy atom. The molecule has 5 nitrogen and oxygen atoms in total. The maximum absolute atomic E-state index is 13.4. The number of hydrogen-bond donors (Lipinski definition) is 1. The molecule has 1 aliphatic rings. The summed E-state index contributed by atoms with van der Waals surface area (Å²) in [4.78, 5) is 27.7.